The van der Waals surface area contributed by atoms with Crippen LogP contribution < -0.4 is 10.1 Å². The van der Waals surface area contributed by atoms with Gasteiger partial charge in [-0.1, -0.05) is 29.5 Å². The first-order chi connectivity index (χ1) is 18.2. The van der Waals surface area contributed by atoms with Crippen molar-refractivity contribution in [2.45, 2.75) is 19.5 Å². The van der Waals surface area contributed by atoms with Crippen molar-refractivity contribution < 1.29 is 27.4 Å². The van der Waals surface area contributed by atoms with Crippen molar-refractivity contribution in [3.63, 3.8) is 0 Å². The van der Waals surface area contributed by atoms with Gasteiger partial charge >= 0.3 is 6.18 Å². The molecule has 0 radical (unpaired) electrons. The van der Waals surface area contributed by atoms with Gasteiger partial charge in [0, 0.05) is 44.6 Å². The molecule has 12 heteroatoms. The van der Waals surface area contributed by atoms with Crippen LogP contribution in [0.25, 0.3) is 21.5 Å². The van der Waals surface area contributed by atoms with Crippen molar-refractivity contribution in [1.29, 1.82) is 0 Å². The number of anilines is 1. The number of fused-ring (bicyclic) bond motifs is 1. The van der Waals surface area contributed by atoms with Crippen LogP contribution in [0.1, 0.15) is 18.3 Å². The standard InChI is InChI=1S/C26H24F3N5O3S/c1-16(35)30-25-33-24-20(3-2-4-21(24)38-25)37-23-15-19(17-5-7-18(8-6-17)26(27,28)29)31-22(32-23)9-10-34-11-13-36-14-12-34/h2-8,15H,9-14H2,1H3,(H,30,33,35). The number of hydrogen-bond acceptors (Lipinski definition) is 8. The molecule has 2 aromatic carbocycles. The molecule has 1 aliphatic rings. The summed E-state index contributed by atoms with van der Waals surface area (Å²) in [6.07, 6.45) is -3.90. The number of hydrogen-bond donors (Lipinski definition) is 1. The summed E-state index contributed by atoms with van der Waals surface area (Å²) < 4.78 is 51.6. The molecule has 0 bridgehead atoms. The van der Waals surface area contributed by atoms with Crippen LogP contribution in [0.15, 0.2) is 48.5 Å². The van der Waals surface area contributed by atoms with Crippen molar-refractivity contribution in [1.82, 2.24) is 19.9 Å². The highest BCUT2D eigenvalue weighted by Crippen LogP contribution is 2.35. The molecule has 2 aromatic heterocycles. The van der Waals surface area contributed by atoms with Gasteiger partial charge in [-0.25, -0.2) is 9.97 Å². The van der Waals surface area contributed by atoms with Gasteiger partial charge < -0.3 is 14.8 Å². The molecule has 3 heterocycles. The number of halogens is 3. The molecule has 0 saturated carbocycles. The average molecular weight is 544 g/mol. The van der Waals surface area contributed by atoms with Crippen molar-refractivity contribution in [2.24, 2.45) is 0 Å². The first-order valence-corrected chi connectivity index (χ1v) is 12.8. The van der Waals surface area contributed by atoms with Crippen LogP contribution in [-0.2, 0) is 22.1 Å². The van der Waals surface area contributed by atoms with Gasteiger partial charge in [0.15, 0.2) is 10.9 Å². The highest BCUT2D eigenvalue weighted by atomic mass is 32.1. The molecule has 8 nitrogen and oxygen atoms in total. The highest BCUT2D eigenvalue weighted by molar-refractivity contribution is 7.22. The molecule has 0 atom stereocenters. The minimum Gasteiger partial charge on any atom is -0.437 e. The minimum absolute atomic E-state index is 0.228. The predicted molar refractivity (Wildman–Crippen MR) is 137 cm³/mol. The van der Waals surface area contributed by atoms with Gasteiger partial charge in [-0.2, -0.15) is 18.2 Å². The van der Waals surface area contributed by atoms with Crippen LogP contribution in [0, 0.1) is 0 Å². The van der Waals surface area contributed by atoms with Crippen LogP contribution >= 0.6 is 11.3 Å². The van der Waals surface area contributed by atoms with E-state index >= 15 is 0 Å². The lowest BCUT2D eigenvalue weighted by atomic mass is 10.1. The van der Waals surface area contributed by atoms with E-state index in [0.29, 0.717) is 59.7 Å². The summed E-state index contributed by atoms with van der Waals surface area (Å²) in [4.78, 5) is 27.4. The summed E-state index contributed by atoms with van der Waals surface area (Å²) in [5, 5.41) is 3.13. The molecule has 0 spiro atoms. The van der Waals surface area contributed by atoms with Crippen molar-refractivity contribution in [3.8, 4) is 22.9 Å². The lowest BCUT2D eigenvalue weighted by Gasteiger charge is -2.26. The first-order valence-electron chi connectivity index (χ1n) is 12.0. The number of morpholine rings is 1. The number of carbonyl (C=O) groups is 1. The summed E-state index contributed by atoms with van der Waals surface area (Å²) in [7, 11) is 0. The average Bonchev–Trinajstić information content (AvgIpc) is 3.30. The van der Waals surface area contributed by atoms with E-state index < -0.39 is 11.7 Å². The smallest absolute Gasteiger partial charge is 0.416 e. The zero-order valence-electron chi connectivity index (χ0n) is 20.4. The van der Waals surface area contributed by atoms with Gasteiger partial charge in [0.25, 0.3) is 0 Å². The Balaban J connectivity index is 1.47. The van der Waals surface area contributed by atoms with E-state index in [0.717, 1.165) is 29.9 Å². The number of amides is 1. The second-order valence-corrected chi connectivity index (χ2v) is 9.72. The lowest BCUT2D eigenvalue weighted by molar-refractivity contribution is -0.137. The first kappa shape index (κ1) is 26.0. The van der Waals surface area contributed by atoms with E-state index in [-0.39, 0.29) is 11.8 Å². The number of alkyl halides is 3. The predicted octanol–water partition coefficient (Wildman–Crippen LogP) is 5.40. The summed E-state index contributed by atoms with van der Waals surface area (Å²) in [6, 6.07) is 11.9. The number of benzene rings is 2. The van der Waals surface area contributed by atoms with Gasteiger partial charge in [0.1, 0.15) is 11.3 Å². The van der Waals surface area contributed by atoms with E-state index in [1.165, 1.54) is 30.4 Å². The third kappa shape index (κ3) is 6.26. The second-order valence-electron chi connectivity index (χ2n) is 8.69. The quantitative estimate of drug-likeness (QED) is 0.334. The summed E-state index contributed by atoms with van der Waals surface area (Å²) >= 11 is 1.32. The number of thiazole rings is 1. The van der Waals surface area contributed by atoms with Crippen molar-refractivity contribution >= 4 is 32.6 Å². The minimum atomic E-state index is -4.43. The monoisotopic (exact) mass is 543 g/mol. The van der Waals surface area contributed by atoms with E-state index in [9.17, 15) is 18.0 Å². The molecular formula is C26H24F3N5O3S. The lowest BCUT2D eigenvalue weighted by Crippen LogP contribution is -2.37. The fraction of sp³-hybridized carbons (Fsp3) is 0.308. The molecule has 0 aliphatic carbocycles. The Kier molecular flexibility index (Phi) is 7.54. The third-order valence-corrected chi connectivity index (χ3v) is 6.83. The van der Waals surface area contributed by atoms with Gasteiger partial charge in [-0.3, -0.25) is 9.69 Å². The maximum absolute atomic E-state index is 13.1. The zero-order valence-corrected chi connectivity index (χ0v) is 21.2. The van der Waals surface area contributed by atoms with Crippen LogP contribution in [0.5, 0.6) is 11.6 Å². The van der Waals surface area contributed by atoms with Gasteiger partial charge in [0.2, 0.25) is 11.8 Å². The maximum atomic E-state index is 13.1. The van der Waals surface area contributed by atoms with Crippen LogP contribution in [0.4, 0.5) is 18.3 Å². The molecule has 1 N–H and O–H groups in total. The normalized spacial score (nSPS) is 14.5. The topological polar surface area (TPSA) is 89.5 Å². The number of para-hydroxylation sites is 1. The Morgan fingerprint density at radius 3 is 2.58 bits per heavy atom. The number of carbonyl (C=O) groups excluding carboxylic acids is 1. The second kappa shape index (κ2) is 11.0. The van der Waals surface area contributed by atoms with Crippen LogP contribution in [0.2, 0.25) is 0 Å². The molecule has 4 aromatic rings. The summed E-state index contributed by atoms with van der Waals surface area (Å²) in [5.74, 6) is 0.960. The van der Waals surface area contributed by atoms with Crippen LogP contribution in [0.3, 0.4) is 0 Å². The SMILES string of the molecule is CC(=O)Nc1nc2c(Oc3cc(-c4ccc(C(F)(F)F)cc4)nc(CCN4CCOCC4)n3)cccc2s1. The molecule has 1 saturated heterocycles. The van der Waals surface area contributed by atoms with Gasteiger partial charge in [-0.05, 0) is 24.3 Å². The summed E-state index contributed by atoms with van der Waals surface area (Å²) in [6.45, 7) is 5.07. The Labute approximate surface area is 220 Å². The van der Waals surface area contributed by atoms with Gasteiger partial charge in [-0.15, -0.1) is 0 Å². The van der Waals surface area contributed by atoms with E-state index in [2.05, 4.69) is 25.2 Å². The molecule has 1 amide bonds. The summed E-state index contributed by atoms with van der Waals surface area (Å²) in [5.41, 5.74) is 0.790. The van der Waals surface area contributed by atoms with Gasteiger partial charge in [0.05, 0.1) is 29.2 Å². The third-order valence-electron chi connectivity index (χ3n) is 5.89. The molecule has 38 heavy (non-hydrogen) atoms. The number of nitrogens with zero attached hydrogens (tertiary/aromatic N) is 4. The van der Waals surface area contributed by atoms with E-state index in [1.54, 1.807) is 12.1 Å². The molecule has 0 unspecified atom stereocenters. The maximum Gasteiger partial charge on any atom is 0.416 e. The van der Waals surface area contributed by atoms with Crippen molar-refractivity contribution in [3.05, 3.63) is 59.9 Å². The Hall–Kier alpha value is -3.61. The Morgan fingerprint density at radius 1 is 1.11 bits per heavy atom. The van der Waals surface area contributed by atoms with E-state index in [4.69, 9.17) is 9.47 Å². The Bertz CT molecular complexity index is 1440. The molecule has 1 fully saturated rings. The number of rotatable bonds is 7. The number of ether oxygens (including phenoxy) is 2. The molecular weight excluding hydrogens is 519 g/mol. The van der Waals surface area contributed by atoms with Crippen LogP contribution in [-0.4, -0.2) is 58.6 Å². The largest absolute Gasteiger partial charge is 0.437 e. The number of nitrogens with one attached hydrogen (secondary N) is 1. The van der Waals surface area contributed by atoms with Crippen molar-refractivity contribution in [2.75, 3.05) is 38.2 Å². The molecule has 1 aliphatic heterocycles. The number of aromatic nitrogens is 3. The zero-order chi connectivity index (χ0) is 26.7. The molecule has 5 rings (SSSR count). The van der Waals surface area contributed by atoms with E-state index in [1.807, 2.05) is 12.1 Å². The Morgan fingerprint density at radius 2 is 1.87 bits per heavy atom. The fourth-order valence-electron chi connectivity index (χ4n) is 4.02. The fourth-order valence-corrected chi connectivity index (χ4v) is 4.95. The molecule has 198 valence electrons. The highest BCUT2D eigenvalue weighted by Gasteiger charge is 2.30.